The Morgan fingerprint density at radius 1 is 1.35 bits per heavy atom. The highest BCUT2D eigenvalue weighted by atomic mass is 16.4. The van der Waals surface area contributed by atoms with Crippen molar-refractivity contribution in [2.45, 2.75) is 13.3 Å². The number of carbonyl (C=O) groups is 2. The molecule has 0 bridgehead atoms. The quantitative estimate of drug-likeness (QED) is 0.822. The average molecular weight is 269 g/mol. The summed E-state index contributed by atoms with van der Waals surface area (Å²) in [5.41, 5.74) is 0.800. The summed E-state index contributed by atoms with van der Waals surface area (Å²) in [6, 6.07) is 6.30. The first-order chi connectivity index (χ1) is 9.58. The van der Waals surface area contributed by atoms with Crippen LogP contribution in [0.2, 0.25) is 0 Å². The summed E-state index contributed by atoms with van der Waals surface area (Å²) < 4.78 is 0. The summed E-state index contributed by atoms with van der Waals surface area (Å²) in [6.07, 6.45) is 5.33. The van der Waals surface area contributed by atoms with Gasteiger partial charge in [-0.3, -0.25) is 4.79 Å². The van der Waals surface area contributed by atoms with Crippen molar-refractivity contribution in [2.75, 3.05) is 13.1 Å². The van der Waals surface area contributed by atoms with Crippen LogP contribution in [-0.4, -0.2) is 35.0 Å². The van der Waals surface area contributed by atoms with Crippen molar-refractivity contribution < 1.29 is 14.7 Å². The minimum absolute atomic E-state index is 0.105. The smallest absolute Gasteiger partial charge is 0.335 e. The lowest BCUT2D eigenvalue weighted by Gasteiger charge is -2.17. The number of carboxylic acid groups (broad SMARTS) is 1. The molecule has 0 unspecified atom stereocenters. The number of hydrogen-bond donors (Lipinski definition) is 1. The highest BCUT2D eigenvalue weighted by molar-refractivity contribution is 5.88. The van der Waals surface area contributed by atoms with Crippen LogP contribution >= 0.6 is 0 Å². The summed E-state index contributed by atoms with van der Waals surface area (Å²) in [4.78, 5) is 24.4. The highest BCUT2D eigenvalue weighted by Gasteiger charge is 2.13. The minimum Gasteiger partial charge on any atom is -0.478 e. The van der Waals surface area contributed by atoms with Gasteiger partial charge in [-0.05, 0) is 24.6 Å². The number of amides is 1. The Bertz CT molecular complexity index is 602. The molecule has 0 radical (unpaired) electrons. The number of benzene rings is 1. The van der Waals surface area contributed by atoms with Crippen LogP contribution in [0.3, 0.4) is 0 Å². The zero-order valence-corrected chi connectivity index (χ0v) is 11.2. The van der Waals surface area contributed by atoms with E-state index in [0.29, 0.717) is 5.56 Å². The Morgan fingerprint density at radius 3 is 2.70 bits per heavy atom. The molecular formula is C16H15NO3. The lowest BCUT2D eigenvalue weighted by molar-refractivity contribution is -0.129. The molecule has 102 valence electrons. The van der Waals surface area contributed by atoms with E-state index in [9.17, 15) is 9.59 Å². The molecule has 1 aromatic carbocycles. The molecule has 0 aliphatic carbocycles. The molecule has 0 fully saturated rings. The van der Waals surface area contributed by atoms with Gasteiger partial charge < -0.3 is 10.0 Å². The Hall–Kier alpha value is -2.72. The van der Waals surface area contributed by atoms with Gasteiger partial charge in [0.15, 0.2) is 0 Å². The Labute approximate surface area is 118 Å². The van der Waals surface area contributed by atoms with E-state index in [1.54, 1.807) is 19.1 Å². The molecule has 0 saturated carbocycles. The van der Waals surface area contributed by atoms with Gasteiger partial charge in [0.05, 0.1) is 25.1 Å². The second-order valence-corrected chi connectivity index (χ2v) is 4.06. The molecule has 0 aliphatic heterocycles. The van der Waals surface area contributed by atoms with E-state index in [4.69, 9.17) is 11.5 Å². The van der Waals surface area contributed by atoms with Crippen LogP contribution < -0.4 is 0 Å². The first kappa shape index (κ1) is 15.3. The van der Waals surface area contributed by atoms with Crippen LogP contribution in [0.4, 0.5) is 0 Å². The predicted molar refractivity (Wildman–Crippen MR) is 76.0 cm³/mol. The maximum Gasteiger partial charge on any atom is 0.335 e. The van der Waals surface area contributed by atoms with Gasteiger partial charge in [0.2, 0.25) is 5.91 Å². The van der Waals surface area contributed by atoms with Crippen molar-refractivity contribution in [2.24, 2.45) is 0 Å². The monoisotopic (exact) mass is 269 g/mol. The van der Waals surface area contributed by atoms with E-state index in [1.165, 1.54) is 17.0 Å². The van der Waals surface area contributed by atoms with E-state index in [2.05, 4.69) is 17.8 Å². The molecule has 0 spiro atoms. The van der Waals surface area contributed by atoms with Gasteiger partial charge in [0.1, 0.15) is 0 Å². The normalized spacial score (nSPS) is 9.00. The molecule has 4 heteroatoms. The van der Waals surface area contributed by atoms with Gasteiger partial charge in [-0.2, -0.15) is 0 Å². The fourth-order valence-electron chi connectivity index (χ4n) is 1.62. The van der Waals surface area contributed by atoms with Gasteiger partial charge in [-0.25, -0.2) is 4.79 Å². The third kappa shape index (κ3) is 4.51. The van der Waals surface area contributed by atoms with Crippen LogP contribution in [0.15, 0.2) is 24.3 Å². The Morgan fingerprint density at radius 2 is 2.10 bits per heavy atom. The summed E-state index contributed by atoms with van der Waals surface area (Å²) in [5.74, 6) is 6.73. The third-order valence-electron chi connectivity index (χ3n) is 2.61. The zero-order chi connectivity index (χ0) is 15.0. The minimum atomic E-state index is -1.02. The first-order valence-electron chi connectivity index (χ1n) is 6.01. The molecule has 0 heterocycles. The number of carboxylic acids is 1. The molecule has 0 aliphatic rings. The van der Waals surface area contributed by atoms with Crippen LogP contribution in [0, 0.1) is 24.2 Å². The van der Waals surface area contributed by atoms with Crippen LogP contribution in [0.25, 0.3) is 0 Å². The Balaban J connectivity index is 2.81. The second kappa shape index (κ2) is 7.66. The molecule has 1 rings (SSSR count). The van der Waals surface area contributed by atoms with E-state index >= 15 is 0 Å². The lowest BCUT2D eigenvalue weighted by atomic mass is 10.1. The van der Waals surface area contributed by atoms with Gasteiger partial charge >= 0.3 is 5.97 Å². The van der Waals surface area contributed by atoms with Crippen molar-refractivity contribution >= 4 is 11.9 Å². The fraction of sp³-hybridized carbons (Fsp3) is 0.250. The van der Waals surface area contributed by atoms with Gasteiger partial charge in [0.25, 0.3) is 0 Å². The molecule has 1 aromatic rings. The summed E-state index contributed by atoms with van der Waals surface area (Å²) in [5, 5.41) is 8.91. The van der Waals surface area contributed by atoms with E-state index in [-0.39, 0.29) is 31.0 Å². The summed E-state index contributed by atoms with van der Waals surface area (Å²) in [7, 11) is 0. The number of aromatic carboxylic acids is 1. The molecule has 1 amide bonds. The van der Waals surface area contributed by atoms with E-state index < -0.39 is 5.97 Å². The number of nitrogens with zero attached hydrogens (tertiary/aromatic N) is 1. The van der Waals surface area contributed by atoms with Crippen LogP contribution in [0.1, 0.15) is 22.8 Å². The highest BCUT2D eigenvalue weighted by Crippen LogP contribution is 2.07. The maximum absolute atomic E-state index is 12.1. The fourth-order valence-corrected chi connectivity index (χ4v) is 1.62. The van der Waals surface area contributed by atoms with E-state index in [0.717, 1.165) is 0 Å². The number of terminal acetylenes is 1. The van der Waals surface area contributed by atoms with Crippen molar-refractivity contribution in [3.8, 4) is 24.2 Å². The van der Waals surface area contributed by atoms with Crippen LogP contribution in [0.5, 0.6) is 0 Å². The van der Waals surface area contributed by atoms with Crippen molar-refractivity contribution in [1.29, 1.82) is 0 Å². The van der Waals surface area contributed by atoms with Crippen molar-refractivity contribution in [3.05, 3.63) is 35.4 Å². The molecule has 4 nitrogen and oxygen atoms in total. The Kier molecular flexibility index (Phi) is 5.87. The largest absolute Gasteiger partial charge is 0.478 e. The molecular weight excluding hydrogens is 254 g/mol. The van der Waals surface area contributed by atoms with E-state index in [1.807, 2.05) is 0 Å². The van der Waals surface area contributed by atoms with Crippen LogP contribution in [-0.2, 0) is 11.2 Å². The number of carbonyl (C=O) groups excluding carboxylic acids is 1. The maximum atomic E-state index is 12.1. The lowest BCUT2D eigenvalue weighted by Crippen LogP contribution is -2.33. The number of rotatable bonds is 5. The van der Waals surface area contributed by atoms with Crippen molar-refractivity contribution in [1.82, 2.24) is 4.90 Å². The average Bonchev–Trinajstić information content (AvgIpc) is 2.43. The summed E-state index contributed by atoms with van der Waals surface area (Å²) >= 11 is 0. The molecule has 1 N–H and O–H groups in total. The summed E-state index contributed by atoms with van der Waals surface area (Å²) in [6.45, 7) is 2.15. The molecule has 20 heavy (non-hydrogen) atoms. The standard InChI is InChI=1S/C16H15NO3/c1-3-5-10-17(9-4-2)15(18)12-13-7-6-8-14(11-13)16(19)20/h2,6-8,11H,9-10,12H2,1H3,(H,19,20). The van der Waals surface area contributed by atoms with Gasteiger partial charge in [0, 0.05) is 0 Å². The van der Waals surface area contributed by atoms with Crippen molar-refractivity contribution in [3.63, 3.8) is 0 Å². The number of hydrogen-bond acceptors (Lipinski definition) is 2. The topological polar surface area (TPSA) is 57.6 Å². The predicted octanol–water partition coefficient (Wildman–Crippen LogP) is 1.41. The molecule has 0 saturated heterocycles. The zero-order valence-electron chi connectivity index (χ0n) is 11.2. The van der Waals surface area contributed by atoms with Gasteiger partial charge in [-0.1, -0.05) is 24.0 Å². The first-order valence-corrected chi connectivity index (χ1v) is 6.01. The van der Waals surface area contributed by atoms with Gasteiger partial charge in [-0.15, -0.1) is 12.3 Å². The molecule has 0 atom stereocenters. The SMILES string of the molecule is C#CCN(CC#CC)C(=O)Cc1cccc(C(=O)O)c1. The molecule has 0 aromatic heterocycles. The second-order valence-electron chi connectivity index (χ2n) is 4.06. The third-order valence-corrected chi connectivity index (χ3v) is 2.61.